The first-order chi connectivity index (χ1) is 10.1. The lowest BCUT2D eigenvalue weighted by molar-refractivity contribution is -0.121. The maximum Gasteiger partial charge on any atom is 0.244 e. The van der Waals surface area contributed by atoms with Crippen LogP contribution in [0, 0.1) is 0 Å². The Morgan fingerprint density at radius 1 is 1.23 bits per heavy atom. The van der Waals surface area contributed by atoms with Gasteiger partial charge in [0, 0.05) is 24.3 Å². The molecule has 0 aromatic heterocycles. The van der Waals surface area contributed by atoms with Crippen LogP contribution in [-0.2, 0) is 9.59 Å². The third-order valence-electron chi connectivity index (χ3n) is 4.44. The van der Waals surface area contributed by atoms with E-state index >= 15 is 0 Å². The number of anilines is 2. The molecule has 1 aromatic carbocycles. The van der Waals surface area contributed by atoms with Gasteiger partial charge in [-0.2, -0.15) is 0 Å². The lowest BCUT2D eigenvalue weighted by Gasteiger charge is -2.23. The van der Waals surface area contributed by atoms with Gasteiger partial charge in [-0.05, 0) is 37.5 Å². The van der Waals surface area contributed by atoms with Gasteiger partial charge < -0.3 is 16.0 Å². The van der Waals surface area contributed by atoms with Crippen molar-refractivity contribution in [3.63, 3.8) is 0 Å². The van der Waals surface area contributed by atoms with Crippen LogP contribution in [0.25, 0.3) is 0 Å². The Balaban J connectivity index is 0.00000176. The Labute approximate surface area is 136 Å². The molecule has 3 rings (SSSR count). The summed E-state index contributed by atoms with van der Waals surface area (Å²) in [6, 6.07) is 7.43. The van der Waals surface area contributed by atoms with Crippen LogP contribution in [0.4, 0.5) is 11.4 Å². The highest BCUT2D eigenvalue weighted by Gasteiger charge is 2.37. The SMILES string of the molecule is Cl.NC1(C(=O)Nc2cccc(N3CCCC3=O)c2)CCCC1. The van der Waals surface area contributed by atoms with E-state index in [1.807, 2.05) is 24.3 Å². The van der Waals surface area contributed by atoms with Crippen LogP contribution in [-0.4, -0.2) is 23.9 Å². The van der Waals surface area contributed by atoms with Crippen molar-refractivity contribution in [3.8, 4) is 0 Å². The fraction of sp³-hybridized carbons (Fsp3) is 0.500. The lowest BCUT2D eigenvalue weighted by atomic mass is 9.98. The van der Waals surface area contributed by atoms with Crippen molar-refractivity contribution >= 4 is 35.6 Å². The third kappa shape index (κ3) is 3.25. The maximum atomic E-state index is 12.3. The summed E-state index contributed by atoms with van der Waals surface area (Å²) in [5.74, 6) is 0.0227. The van der Waals surface area contributed by atoms with Crippen molar-refractivity contribution in [2.45, 2.75) is 44.1 Å². The van der Waals surface area contributed by atoms with Gasteiger partial charge in [-0.3, -0.25) is 9.59 Å². The zero-order chi connectivity index (χ0) is 14.9. The van der Waals surface area contributed by atoms with E-state index in [2.05, 4.69) is 5.32 Å². The molecule has 1 aromatic rings. The number of nitrogens with one attached hydrogen (secondary N) is 1. The van der Waals surface area contributed by atoms with Gasteiger partial charge in [0.05, 0.1) is 5.54 Å². The lowest BCUT2D eigenvalue weighted by Crippen LogP contribution is -2.48. The second-order valence-electron chi connectivity index (χ2n) is 6.02. The summed E-state index contributed by atoms with van der Waals surface area (Å²) in [4.78, 5) is 25.9. The molecule has 1 saturated heterocycles. The standard InChI is InChI=1S/C16H21N3O2.ClH/c17-16(8-1-2-9-16)15(21)18-12-5-3-6-13(11-12)19-10-4-7-14(19)20;/h3,5-6,11H,1-2,4,7-10,17H2,(H,18,21);1H. The van der Waals surface area contributed by atoms with Crippen LogP contribution < -0.4 is 16.0 Å². The molecule has 0 spiro atoms. The van der Waals surface area contributed by atoms with Gasteiger partial charge in [0.15, 0.2) is 0 Å². The number of amides is 2. The van der Waals surface area contributed by atoms with Crippen molar-refractivity contribution in [1.29, 1.82) is 0 Å². The molecular weight excluding hydrogens is 302 g/mol. The predicted octanol–water partition coefficient (Wildman–Crippen LogP) is 2.45. The first-order valence-corrected chi connectivity index (χ1v) is 7.59. The fourth-order valence-electron chi connectivity index (χ4n) is 3.16. The fourth-order valence-corrected chi connectivity index (χ4v) is 3.16. The summed E-state index contributed by atoms with van der Waals surface area (Å²) in [6.45, 7) is 0.747. The maximum absolute atomic E-state index is 12.3. The molecule has 22 heavy (non-hydrogen) atoms. The van der Waals surface area contributed by atoms with E-state index in [1.165, 1.54) is 0 Å². The highest BCUT2D eigenvalue weighted by Crippen LogP contribution is 2.29. The number of carbonyl (C=O) groups is 2. The number of halogens is 1. The average molecular weight is 324 g/mol. The van der Waals surface area contributed by atoms with Gasteiger partial charge in [0.1, 0.15) is 0 Å². The Bertz CT molecular complexity index is 570. The van der Waals surface area contributed by atoms with Crippen LogP contribution in [0.2, 0.25) is 0 Å². The minimum atomic E-state index is -0.737. The van der Waals surface area contributed by atoms with Crippen molar-refractivity contribution in [2.75, 3.05) is 16.8 Å². The number of nitrogens with two attached hydrogens (primary N) is 1. The van der Waals surface area contributed by atoms with E-state index in [4.69, 9.17) is 5.73 Å². The Morgan fingerprint density at radius 2 is 1.95 bits per heavy atom. The van der Waals surface area contributed by atoms with E-state index in [1.54, 1.807) is 4.90 Å². The van der Waals surface area contributed by atoms with Gasteiger partial charge >= 0.3 is 0 Å². The summed E-state index contributed by atoms with van der Waals surface area (Å²) in [5.41, 5.74) is 6.96. The van der Waals surface area contributed by atoms with Crippen LogP contribution in [0.1, 0.15) is 38.5 Å². The molecule has 2 fully saturated rings. The first kappa shape index (κ1) is 16.8. The van der Waals surface area contributed by atoms with Crippen molar-refractivity contribution < 1.29 is 9.59 Å². The molecule has 120 valence electrons. The molecular formula is C16H22ClN3O2. The number of benzene rings is 1. The molecule has 1 heterocycles. The summed E-state index contributed by atoms with van der Waals surface area (Å²) in [7, 11) is 0. The number of carbonyl (C=O) groups excluding carboxylic acids is 2. The highest BCUT2D eigenvalue weighted by atomic mass is 35.5. The monoisotopic (exact) mass is 323 g/mol. The molecule has 0 unspecified atom stereocenters. The number of rotatable bonds is 3. The summed E-state index contributed by atoms with van der Waals surface area (Å²) >= 11 is 0. The van der Waals surface area contributed by atoms with Crippen LogP contribution in [0.5, 0.6) is 0 Å². The summed E-state index contributed by atoms with van der Waals surface area (Å²) < 4.78 is 0. The zero-order valence-electron chi connectivity index (χ0n) is 12.5. The summed E-state index contributed by atoms with van der Waals surface area (Å²) in [5, 5.41) is 2.90. The topological polar surface area (TPSA) is 75.4 Å². The van der Waals surface area contributed by atoms with E-state index < -0.39 is 5.54 Å². The predicted molar refractivity (Wildman–Crippen MR) is 89.3 cm³/mol. The molecule has 2 aliphatic rings. The first-order valence-electron chi connectivity index (χ1n) is 7.59. The van der Waals surface area contributed by atoms with Gasteiger partial charge in [-0.1, -0.05) is 18.9 Å². The van der Waals surface area contributed by atoms with Gasteiger partial charge in [0.2, 0.25) is 11.8 Å². The van der Waals surface area contributed by atoms with Crippen LogP contribution in [0.3, 0.4) is 0 Å². The largest absolute Gasteiger partial charge is 0.324 e. The molecule has 0 radical (unpaired) electrons. The minimum Gasteiger partial charge on any atom is -0.324 e. The van der Waals surface area contributed by atoms with E-state index in [-0.39, 0.29) is 24.2 Å². The van der Waals surface area contributed by atoms with E-state index in [0.29, 0.717) is 12.1 Å². The number of nitrogens with zero attached hydrogens (tertiary/aromatic N) is 1. The van der Waals surface area contributed by atoms with Crippen molar-refractivity contribution in [1.82, 2.24) is 0 Å². The Morgan fingerprint density at radius 3 is 2.59 bits per heavy atom. The Kier molecular flexibility index (Phi) is 5.08. The second kappa shape index (κ2) is 6.67. The van der Waals surface area contributed by atoms with E-state index in [0.717, 1.165) is 44.3 Å². The third-order valence-corrected chi connectivity index (χ3v) is 4.44. The highest BCUT2D eigenvalue weighted by molar-refractivity contribution is 6.00. The van der Waals surface area contributed by atoms with Crippen LogP contribution >= 0.6 is 12.4 Å². The normalized spacial score (nSPS) is 19.9. The molecule has 2 amide bonds. The molecule has 1 aliphatic heterocycles. The van der Waals surface area contributed by atoms with E-state index in [9.17, 15) is 9.59 Å². The molecule has 3 N–H and O–H groups in total. The molecule has 1 saturated carbocycles. The molecule has 5 nitrogen and oxygen atoms in total. The molecule has 1 aliphatic carbocycles. The van der Waals surface area contributed by atoms with Gasteiger partial charge in [0.25, 0.3) is 0 Å². The number of hydrogen-bond acceptors (Lipinski definition) is 3. The van der Waals surface area contributed by atoms with Crippen LogP contribution in [0.15, 0.2) is 24.3 Å². The van der Waals surface area contributed by atoms with Crippen molar-refractivity contribution in [2.24, 2.45) is 5.73 Å². The molecule has 6 heteroatoms. The average Bonchev–Trinajstić information content (AvgIpc) is 3.09. The zero-order valence-corrected chi connectivity index (χ0v) is 13.3. The van der Waals surface area contributed by atoms with Crippen molar-refractivity contribution in [3.05, 3.63) is 24.3 Å². The quantitative estimate of drug-likeness (QED) is 0.897. The molecule has 0 bridgehead atoms. The van der Waals surface area contributed by atoms with Gasteiger partial charge in [-0.15, -0.1) is 12.4 Å². The summed E-state index contributed by atoms with van der Waals surface area (Å²) in [6.07, 6.45) is 4.98. The Hall–Kier alpha value is -1.59. The second-order valence-corrected chi connectivity index (χ2v) is 6.02. The van der Waals surface area contributed by atoms with Gasteiger partial charge in [-0.25, -0.2) is 0 Å². The molecule has 0 atom stereocenters. The smallest absolute Gasteiger partial charge is 0.244 e. The minimum absolute atomic E-state index is 0. The number of hydrogen-bond donors (Lipinski definition) is 2.